The van der Waals surface area contributed by atoms with Crippen LogP contribution >= 0.6 is 11.8 Å². The first kappa shape index (κ1) is 37.4. The molecule has 7 heteroatoms. The standard InChI is InChI=1S/C35H53NO5S/c1-23(19-25(3)13-15-31-27(5)14-16-33(38)41-31)11-10-12-24(2)20-28(6)34(39)30(8)35(40)29(7)21-26(4)22-32(37)36-17-18-42-9/h10,12-16,19-20,22-23,27-31,35,40H,11,17-18,21H2,1-9H3,(H,36,37)/b12-10+,15-13+,24-20+,25-19-,26-22+/t23?,27-,28?,29?,30?,31-,35?/m0/s1. The van der Waals surface area contributed by atoms with Crippen LogP contribution in [0.3, 0.4) is 0 Å². The summed E-state index contributed by atoms with van der Waals surface area (Å²) >= 11 is 1.68. The molecular weight excluding hydrogens is 546 g/mol. The number of aliphatic hydroxyl groups excluding tert-OH is 1. The molecule has 0 aromatic carbocycles. The lowest BCUT2D eigenvalue weighted by Crippen LogP contribution is -2.34. The second-order valence-electron chi connectivity index (χ2n) is 11.8. The molecule has 0 spiro atoms. The molecule has 0 radical (unpaired) electrons. The van der Waals surface area contributed by atoms with E-state index in [1.54, 1.807) is 24.8 Å². The van der Waals surface area contributed by atoms with Crippen molar-refractivity contribution in [2.45, 2.75) is 80.4 Å². The molecule has 5 unspecified atom stereocenters. The second-order valence-corrected chi connectivity index (χ2v) is 12.8. The zero-order valence-corrected chi connectivity index (χ0v) is 27.9. The maximum atomic E-state index is 13.1. The van der Waals surface area contributed by atoms with Gasteiger partial charge in [-0.2, -0.15) is 11.8 Å². The number of carbonyl (C=O) groups is 3. The maximum absolute atomic E-state index is 13.1. The lowest BCUT2D eigenvalue weighted by molar-refractivity contribution is -0.143. The highest BCUT2D eigenvalue weighted by atomic mass is 32.2. The minimum absolute atomic E-state index is 0.00529. The van der Waals surface area contributed by atoms with Crippen molar-refractivity contribution >= 4 is 29.4 Å². The summed E-state index contributed by atoms with van der Waals surface area (Å²) in [6.07, 6.45) is 19.5. The van der Waals surface area contributed by atoms with Crippen LogP contribution in [-0.4, -0.2) is 53.5 Å². The topological polar surface area (TPSA) is 92.7 Å². The summed E-state index contributed by atoms with van der Waals surface area (Å²) < 4.78 is 5.36. The predicted molar refractivity (Wildman–Crippen MR) is 176 cm³/mol. The molecule has 0 saturated heterocycles. The van der Waals surface area contributed by atoms with Crippen LogP contribution < -0.4 is 5.32 Å². The third-order valence-corrected chi connectivity index (χ3v) is 8.04. The molecule has 0 aromatic rings. The number of amides is 1. The molecule has 0 fully saturated rings. The monoisotopic (exact) mass is 599 g/mol. The van der Waals surface area contributed by atoms with Gasteiger partial charge in [0, 0.05) is 42.2 Å². The first-order valence-corrected chi connectivity index (χ1v) is 16.4. The van der Waals surface area contributed by atoms with Gasteiger partial charge in [-0.3, -0.25) is 9.59 Å². The molecular formula is C35H53NO5S. The lowest BCUT2D eigenvalue weighted by atomic mass is 9.83. The molecule has 42 heavy (non-hydrogen) atoms. The number of cyclic esters (lactones) is 1. The number of allylic oxidation sites excluding steroid dienone is 8. The van der Waals surface area contributed by atoms with Gasteiger partial charge in [-0.05, 0) is 57.8 Å². The number of hydrogen-bond acceptors (Lipinski definition) is 6. The zero-order chi connectivity index (χ0) is 31.8. The number of nitrogens with one attached hydrogen (secondary N) is 1. The van der Waals surface area contributed by atoms with Gasteiger partial charge in [0.25, 0.3) is 0 Å². The van der Waals surface area contributed by atoms with Gasteiger partial charge in [0.05, 0.1) is 6.10 Å². The summed E-state index contributed by atoms with van der Waals surface area (Å²) in [6.45, 7) is 16.3. The van der Waals surface area contributed by atoms with E-state index in [4.69, 9.17) is 4.74 Å². The van der Waals surface area contributed by atoms with E-state index >= 15 is 0 Å². The van der Waals surface area contributed by atoms with E-state index in [-0.39, 0.29) is 41.5 Å². The number of thioether (sulfide) groups is 1. The molecule has 6 nitrogen and oxygen atoms in total. The molecule has 0 aliphatic carbocycles. The molecule has 7 atom stereocenters. The fourth-order valence-electron chi connectivity index (χ4n) is 4.97. The van der Waals surface area contributed by atoms with Gasteiger partial charge in [0.15, 0.2) is 0 Å². The highest BCUT2D eigenvalue weighted by molar-refractivity contribution is 7.98. The highest BCUT2D eigenvalue weighted by Gasteiger charge is 2.29. The number of Topliss-reactive ketones (excluding diaryl/α,β-unsaturated/α-hetero) is 1. The smallest absolute Gasteiger partial charge is 0.331 e. The van der Waals surface area contributed by atoms with E-state index in [2.05, 4.69) is 24.4 Å². The van der Waals surface area contributed by atoms with Crippen LogP contribution in [0.2, 0.25) is 0 Å². The van der Waals surface area contributed by atoms with Gasteiger partial charge in [0.1, 0.15) is 11.9 Å². The van der Waals surface area contributed by atoms with E-state index in [9.17, 15) is 19.5 Å². The quantitative estimate of drug-likeness (QED) is 0.0828. The maximum Gasteiger partial charge on any atom is 0.331 e. The Morgan fingerprint density at radius 2 is 1.76 bits per heavy atom. The van der Waals surface area contributed by atoms with E-state index in [0.29, 0.717) is 18.9 Å². The fraction of sp³-hybridized carbons (Fsp3) is 0.571. The average molecular weight is 600 g/mol. The number of hydrogen-bond donors (Lipinski definition) is 2. The first-order valence-electron chi connectivity index (χ1n) is 15.0. The Morgan fingerprint density at radius 1 is 1.10 bits per heavy atom. The molecule has 0 aromatic heterocycles. The Morgan fingerprint density at radius 3 is 2.43 bits per heavy atom. The van der Waals surface area contributed by atoms with Crippen LogP contribution in [0.15, 0.2) is 71.4 Å². The Balaban J connectivity index is 2.61. The summed E-state index contributed by atoms with van der Waals surface area (Å²) in [5, 5.41) is 13.7. The van der Waals surface area contributed by atoms with Gasteiger partial charge in [-0.25, -0.2) is 4.79 Å². The molecule has 1 aliphatic rings. The average Bonchev–Trinajstić information content (AvgIpc) is 2.92. The summed E-state index contributed by atoms with van der Waals surface area (Å²) in [4.78, 5) is 36.6. The van der Waals surface area contributed by atoms with Crippen molar-refractivity contribution in [3.63, 3.8) is 0 Å². The van der Waals surface area contributed by atoms with Gasteiger partial charge in [-0.15, -0.1) is 0 Å². The van der Waals surface area contributed by atoms with Crippen molar-refractivity contribution in [1.82, 2.24) is 5.32 Å². The Labute approximate surface area is 258 Å². The third kappa shape index (κ3) is 14.5. The Bertz CT molecular complexity index is 1080. The van der Waals surface area contributed by atoms with Crippen LogP contribution in [-0.2, 0) is 19.1 Å². The zero-order valence-electron chi connectivity index (χ0n) is 27.1. The van der Waals surface area contributed by atoms with Gasteiger partial charge < -0.3 is 15.2 Å². The summed E-state index contributed by atoms with van der Waals surface area (Å²) in [7, 11) is 0. The van der Waals surface area contributed by atoms with E-state index in [1.807, 2.05) is 78.2 Å². The van der Waals surface area contributed by atoms with Crippen molar-refractivity contribution in [1.29, 1.82) is 0 Å². The van der Waals surface area contributed by atoms with Crippen molar-refractivity contribution in [3.05, 3.63) is 71.4 Å². The van der Waals surface area contributed by atoms with E-state index in [1.165, 1.54) is 6.08 Å². The highest BCUT2D eigenvalue weighted by Crippen LogP contribution is 2.24. The van der Waals surface area contributed by atoms with Crippen molar-refractivity contribution < 1.29 is 24.2 Å². The first-order chi connectivity index (χ1) is 19.7. The van der Waals surface area contributed by atoms with Crippen LogP contribution in [0.5, 0.6) is 0 Å². The summed E-state index contributed by atoms with van der Waals surface area (Å²) in [6, 6.07) is 0. The lowest BCUT2D eigenvalue weighted by Gasteiger charge is -2.25. The molecule has 1 aliphatic heterocycles. The molecule has 1 rings (SSSR count). The summed E-state index contributed by atoms with van der Waals surface area (Å²) in [5.74, 6) is -0.0554. The van der Waals surface area contributed by atoms with Crippen molar-refractivity contribution in [2.24, 2.45) is 29.6 Å². The van der Waals surface area contributed by atoms with Crippen LogP contribution in [0.4, 0.5) is 0 Å². The minimum Gasteiger partial charge on any atom is -0.454 e. The number of carbonyl (C=O) groups excluding carboxylic acids is 3. The molecule has 234 valence electrons. The largest absolute Gasteiger partial charge is 0.454 e. The van der Waals surface area contributed by atoms with Crippen LogP contribution in [0.25, 0.3) is 0 Å². The number of rotatable bonds is 17. The molecule has 2 N–H and O–H groups in total. The Kier molecular flexibility index (Phi) is 17.4. The van der Waals surface area contributed by atoms with Crippen LogP contribution in [0, 0.1) is 29.6 Å². The van der Waals surface area contributed by atoms with E-state index < -0.39 is 12.0 Å². The van der Waals surface area contributed by atoms with Gasteiger partial charge >= 0.3 is 5.97 Å². The molecule has 0 saturated carbocycles. The number of esters is 1. The number of aliphatic hydroxyl groups is 1. The normalized spacial score (nSPS) is 22.1. The predicted octanol–water partition coefficient (Wildman–Crippen LogP) is 6.79. The minimum atomic E-state index is -0.790. The second kappa shape index (κ2) is 19.5. The van der Waals surface area contributed by atoms with Gasteiger partial charge in [-0.1, -0.05) is 87.8 Å². The molecule has 1 amide bonds. The fourth-order valence-corrected chi connectivity index (χ4v) is 5.28. The molecule has 0 bridgehead atoms. The number of ketones is 1. The SMILES string of the molecule is CSCCNC(=O)/C=C(\C)CC(C)C(O)C(C)C(=O)C(C)/C=C(C)/C=C/CC(C)/C=C(C)\C=C\[C@@H]1OC(=O)C=C[C@@H]1C. The Hall–Kier alpha value is -2.64. The van der Waals surface area contributed by atoms with Gasteiger partial charge in [0.2, 0.25) is 5.91 Å². The summed E-state index contributed by atoms with van der Waals surface area (Å²) in [5.41, 5.74) is 3.00. The van der Waals surface area contributed by atoms with Crippen molar-refractivity contribution in [3.8, 4) is 0 Å². The third-order valence-electron chi connectivity index (χ3n) is 7.42. The number of ether oxygens (including phenoxy) is 1. The van der Waals surface area contributed by atoms with Crippen molar-refractivity contribution in [2.75, 3.05) is 18.6 Å². The van der Waals surface area contributed by atoms with E-state index in [0.717, 1.165) is 28.9 Å². The van der Waals surface area contributed by atoms with Crippen LogP contribution in [0.1, 0.15) is 68.2 Å². The molecule has 1 heterocycles.